The molecule has 16 heavy (non-hydrogen) atoms. The van der Waals surface area contributed by atoms with Crippen LogP contribution in [-0.2, 0) is 6.54 Å². The van der Waals surface area contributed by atoms with E-state index in [0.717, 1.165) is 6.54 Å². The highest BCUT2D eigenvalue weighted by Crippen LogP contribution is 2.07. The highest BCUT2D eigenvalue weighted by molar-refractivity contribution is 5.24. The predicted molar refractivity (Wildman–Crippen MR) is 60.4 cm³/mol. The number of hydrogen-bond donors (Lipinski definition) is 1. The molecule has 1 rings (SSSR count). The lowest BCUT2D eigenvalue weighted by atomic mass is 10.2. The van der Waals surface area contributed by atoms with Gasteiger partial charge in [0.15, 0.2) is 0 Å². The first-order chi connectivity index (χ1) is 7.54. The maximum atomic E-state index is 11.5. The molecule has 1 atom stereocenters. The van der Waals surface area contributed by atoms with Crippen molar-refractivity contribution in [3.8, 4) is 0 Å². The Labute approximate surface area is 93.1 Å². The molecule has 1 N–H and O–H groups in total. The summed E-state index contributed by atoms with van der Waals surface area (Å²) in [6.45, 7) is 3.21. The van der Waals surface area contributed by atoms with Gasteiger partial charge in [0.05, 0.1) is 11.1 Å². The average molecular weight is 225 g/mol. The predicted octanol–water partition coefficient (Wildman–Crippen LogP) is 0.612. The molecule has 6 nitrogen and oxygen atoms in total. The van der Waals surface area contributed by atoms with E-state index in [4.69, 9.17) is 0 Å². The standard InChI is InChI=1S/C10H15N3O3/c1-8(5-11-2)6-12-7-9(13(15)16)3-4-10(12)14/h3-4,7-8,11H,5-6H2,1-2H3. The lowest BCUT2D eigenvalue weighted by molar-refractivity contribution is -0.385. The number of pyridine rings is 1. The minimum atomic E-state index is -0.501. The Kier molecular flexibility index (Phi) is 4.19. The zero-order valence-corrected chi connectivity index (χ0v) is 9.34. The van der Waals surface area contributed by atoms with Crippen LogP contribution in [0.15, 0.2) is 23.1 Å². The van der Waals surface area contributed by atoms with Crippen LogP contribution in [0.4, 0.5) is 5.69 Å². The average Bonchev–Trinajstić information content (AvgIpc) is 2.21. The van der Waals surface area contributed by atoms with Crippen LogP contribution in [0.3, 0.4) is 0 Å². The van der Waals surface area contributed by atoms with Crippen LogP contribution >= 0.6 is 0 Å². The first kappa shape index (κ1) is 12.4. The van der Waals surface area contributed by atoms with Gasteiger partial charge in [-0.05, 0) is 19.5 Å². The Bertz CT molecular complexity index is 428. The molecule has 0 bridgehead atoms. The Morgan fingerprint density at radius 1 is 1.56 bits per heavy atom. The third-order valence-electron chi connectivity index (χ3n) is 2.24. The van der Waals surface area contributed by atoms with Gasteiger partial charge in [0.25, 0.3) is 11.2 Å². The van der Waals surface area contributed by atoms with E-state index < -0.39 is 4.92 Å². The minimum Gasteiger partial charge on any atom is -0.319 e. The fourth-order valence-electron chi connectivity index (χ4n) is 1.52. The summed E-state index contributed by atoms with van der Waals surface area (Å²) in [5.41, 5.74) is -0.273. The van der Waals surface area contributed by atoms with E-state index in [-0.39, 0.29) is 17.2 Å². The first-order valence-corrected chi connectivity index (χ1v) is 5.04. The van der Waals surface area contributed by atoms with Crippen LogP contribution in [0.25, 0.3) is 0 Å². The van der Waals surface area contributed by atoms with Crippen LogP contribution < -0.4 is 10.9 Å². The van der Waals surface area contributed by atoms with E-state index in [1.165, 1.54) is 22.9 Å². The van der Waals surface area contributed by atoms with Crippen LogP contribution in [0.5, 0.6) is 0 Å². The Hall–Kier alpha value is -1.69. The molecule has 1 aromatic heterocycles. The molecule has 1 aromatic rings. The van der Waals surface area contributed by atoms with Crippen LogP contribution in [0.2, 0.25) is 0 Å². The molecule has 0 aliphatic heterocycles. The maximum absolute atomic E-state index is 11.5. The highest BCUT2D eigenvalue weighted by Gasteiger charge is 2.09. The topological polar surface area (TPSA) is 77.2 Å². The van der Waals surface area contributed by atoms with E-state index in [2.05, 4.69) is 5.32 Å². The molecular formula is C10H15N3O3. The highest BCUT2D eigenvalue weighted by atomic mass is 16.6. The number of hydrogen-bond acceptors (Lipinski definition) is 4. The molecule has 1 heterocycles. The first-order valence-electron chi connectivity index (χ1n) is 5.04. The SMILES string of the molecule is CNCC(C)Cn1cc([N+](=O)[O-])ccc1=O. The summed E-state index contributed by atoms with van der Waals surface area (Å²) >= 11 is 0. The quantitative estimate of drug-likeness (QED) is 0.588. The molecule has 0 amide bonds. The molecule has 0 aliphatic carbocycles. The summed E-state index contributed by atoms with van der Waals surface area (Å²) in [5, 5.41) is 13.5. The summed E-state index contributed by atoms with van der Waals surface area (Å²) in [6.07, 6.45) is 1.29. The van der Waals surface area contributed by atoms with Crippen molar-refractivity contribution in [3.05, 3.63) is 38.8 Å². The molecular weight excluding hydrogens is 210 g/mol. The van der Waals surface area contributed by atoms with Gasteiger partial charge in [0, 0.05) is 18.7 Å². The van der Waals surface area contributed by atoms with Crippen molar-refractivity contribution >= 4 is 5.69 Å². The third-order valence-corrected chi connectivity index (χ3v) is 2.24. The van der Waals surface area contributed by atoms with Crippen molar-refractivity contribution in [2.75, 3.05) is 13.6 Å². The number of aromatic nitrogens is 1. The molecule has 0 aromatic carbocycles. The van der Waals surface area contributed by atoms with Gasteiger partial charge >= 0.3 is 0 Å². The molecule has 0 saturated heterocycles. The van der Waals surface area contributed by atoms with Gasteiger partial charge < -0.3 is 9.88 Å². The molecule has 0 saturated carbocycles. The molecule has 0 spiro atoms. The van der Waals surface area contributed by atoms with Crippen LogP contribution in [0, 0.1) is 16.0 Å². The van der Waals surface area contributed by atoms with Crippen molar-refractivity contribution < 1.29 is 4.92 Å². The Balaban J connectivity index is 2.90. The van der Waals surface area contributed by atoms with Gasteiger partial charge in [-0.2, -0.15) is 0 Å². The molecule has 1 unspecified atom stereocenters. The smallest absolute Gasteiger partial charge is 0.285 e. The van der Waals surface area contributed by atoms with Gasteiger partial charge in [0.2, 0.25) is 0 Å². The zero-order chi connectivity index (χ0) is 12.1. The largest absolute Gasteiger partial charge is 0.319 e. The fraction of sp³-hybridized carbons (Fsp3) is 0.500. The van der Waals surface area contributed by atoms with Crippen molar-refractivity contribution in [1.29, 1.82) is 0 Å². The van der Waals surface area contributed by atoms with Gasteiger partial charge in [0.1, 0.15) is 0 Å². The van der Waals surface area contributed by atoms with E-state index in [1.54, 1.807) is 0 Å². The summed E-state index contributed by atoms with van der Waals surface area (Å²) in [7, 11) is 1.83. The van der Waals surface area contributed by atoms with Gasteiger partial charge in [-0.25, -0.2) is 0 Å². The molecule has 6 heteroatoms. The van der Waals surface area contributed by atoms with E-state index in [1.807, 2.05) is 14.0 Å². The number of nitro groups is 1. The van der Waals surface area contributed by atoms with Gasteiger partial charge in [-0.1, -0.05) is 6.92 Å². The second-order valence-electron chi connectivity index (χ2n) is 3.80. The van der Waals surface area contributed by atoms with Crippen molar-refractivity contribution in [2.24, 2.45) is 5.92 Å². The summed E-state index contributed by atoms with van der Waals surface area (Å²) in [5.74, 6) is 0.240. The van der Waals surface area contributed by atoms with Crippen LogP contribution in [0.1, 0.15) is 6.92 Å². The van der Waals surface area contributed by atoms with Crippen LogP contribution in [-0.4, -0.2) is 23.1 Å². The second kappa shape index (κ2) is 5.41. The normalized spacial score (nSPS) is 12.4. The zero-order valence-electron chi connectivity index (χ0n) is 9.34. The summed E-state index contributed by atoms with van der Waals surface area (Å²) < 4.78 is 1.38. The minimum absolute atomic E-state index is 0.0590. The van der Waals surface area contributed by atoms with Gasteiger partial charge in [-0.3, -0.25) is 14.9 Å². The second-order valence-corrected chi connectivity index (χ2v) is 3.80. The monoisotopic (exact) mass is 225 g/mol. The lowest BCUT2D eigenvalue weighted by Gasteiger charge is -2.12. The molecule has 0 aliphatic rings. The van der Waals surface area contributed by atoms with Crippen molar-refractivity contribution in [1.82, 2.24) is 9.88 Å². The van der Waals surface area contributed by atoms with E-state index >= 15 is 0 Å². The number of rotatable bonds is 5. The number of nitrogens with zero attached hydrogens (tertiary/aromatic N) is 2. The third kappa shape index (κ3) is 3.16. The Morgan fingerprint density at radius 3 is 2.81 bits per heavy atom. The summed E-state index contributed by atoms with van der Waals surface area (Å²) in [6, 6.07) is 2.45. The molecule has 0 fully saturated rings. The van der Waals surface area contributed by atoms with E-state index in [9.17, 15) is 14.9 Å². The maximum Gasteiger partial charge on any atom is 0.285 e. The Morgan fingerprint density at radius 2 is 2.25 bits per heavy atom. The fourth-order valence-corrected chi connectivity index (χ4v) is 1.52. The van der Waals surface area contributed by atoms with Crippen molar-refractivity contribution in [2.45, 2.75) is 13.5 Å². The van der Waals surface area contributed by atoms with Gasteiger partial charge in [-0.15, -0.1) is 0 Å². The summed E-state index contributed by atoms with van der Waals surface area (Å²) in [4.78, 5) is 21.5. The molecule has 0 radical (unpaired) electrons. The van der Waals surface area contributed by atoms with E-state index in [0.29, 0.717) is 6.54 Å². The van der Waals surface area contributed by atoms with Crippen molar-refractivity contribution in [3.63, 3.8) is 0 Å². The lowest BCUT2D eigenvalue weighted by Crippen LogP contribution is -2.26. The molecule has 88 valence electrons. The number of nitrogens with one attached hydrogen (secondary N) is 1.